The van der Waals surface area contributed by atoms with Crippen molar-refractivity contribution in [3.63, 3.8) is 0 Å². The van der Waals surface area contributed by atoms with Gasteiger partial charge in [-0.1, -0.05) is 37.3 Å². The van der Waals surface area contributed by atoms with Crippen molar-refractivity contribution in [3.05, 3.63) is 65.5 Å². The standard InChI is InChI=1S/C24H31FN2O3/c1-6-21(23(29)26-24(2,3)4)27(16-17-11-13-19(30-5)14-12-17)22(28)15-18-9-7-8-10-20(18)25/h7-14,21H,6,15-16H2,1-5H3,(H,26,29)/t21-/m0/s1. The van der Waals surface area contributed by atoms with Crippen molar-refractivity contribution >= 4 is 11.8 Å². The number of hydrogen-bond donors (Lipinski definition) is 1. The van der Waals surface area contributed by atoms with E-state index in [2.05, 4.69) is 5.32 Å². The van der Waals surface area contributed by atoms with E-state index in [4.69, 9.17) is 4.74 Å². The SMILES string of the molecule is CC[C@@H](C(=O)NC(C)(C)C)N(Cc1ccc(OC)cc1)C(=O)Cc1ccccc1F. The summed E-state index contributed by atoms with van der Waals surface area (Å²) in [6.45, 7) is 7.80. The molecular weight excluding hydrogens is 383 g/mol. The predicted octanol–water partition coefficient (Wildman–Crippen LogP) is 4.10. The number of rotatable bonds is 8. The van der Waals surface area contributed by atoms with E-state index in [0.29, 0.717) is 17.7 Å². The smallest absolute Gasteiger partial charge is 0.243 e. The molecule has 162 valence electrons. The van der Waals surface area contributed by atoms with E-state index in [1.807, 2.05) is 52.0 Å². The number of ether oxygens (including phenoxy) is 1. The Labute approximate surface area is 178 Å². The Morgan fingerprint density at radius 1 is 1.10 bits per heavy atom. The number of nitrogens with zero attached hydrogens (tertiary/aromatic N) is 1. The van der Waals surface area contributed by atoms with Crippen LogP contribution in [0.15, 0.2) is 48.5 Å². The lowest BCUT2D eigenvalue weighted by Crippen LogP contribution is -2.53. The summed E-state index contributed by atoms with van der Waals surface area (Å²) < 4.78 is 19.3. The van der Waals surface area contributed by atoms with Crippen molar-refractivity contribution in [2.75, 3.05) is 7.11 Å². The van der Waals surface area contributed by atoms with Crippen LogP contribution in [0.4, 0.5) is 4.39 Å². The van der Waals surface area contributed by atoms with Crippen molar-refractivity contribution < 1.29 is 18.7 Å². The van der Waals surface area contributed by atoms with Crippen molar-refractivity contribution in [3.8, 4) is 5.75 Å². The highest BCUT2D eigenvalue weighted by molar-refractivity contribution is 5.88. The summed E-state index contributed by atoms with van der Waals surface area (Å²) in [6.07, 6.45) is 0.337. The van der Waals surface area contributed by atoms with Crippen LogP contribution in [0.2, 0.25) is 0 Å². The first kappa shape index (κ1) is 23.4. The van der Waals surface area contributed by atoms with Crippen LogP contribution in [-0.4, -0.2) is 35.4 Å². The fourth-order valence-electron chi connectivity index (χ4n) is 3.21. The fraction of sp³-hybridized carbons (Fsp3) is 0.417. The summed E-state index contributed by atoms with van der Waals surface area (Å²) in [5.74, 6) is -0.241. The van der Waals surface area contributed by atoms with Crippen molar-refractivity contribution in [1.82, 2.24) is 10.2 Å². The largest absolute Gasteiger partial charge is 0.497 e. The van der Waals surface area contributed by atoms with Gasteiger partial charge >= 0.3 is 0 Å². The van der Waals surface area contributed by atoms with E-state index in [1.54, 1.807) is 25.3 Å². The van der Waals surface area contributed by atoms with Gasteiger partial charge in [0.15, 0.2) is 0 Å². The molecule has 2 amide bonds. The fourth-order valence-corrected chi connectivity index (χ4v) is 3.21. The number of methoxy groups -OCH3 is 1. The number of nitrogens with one attached hydrogen (secondary N) is 1. The predicted molar refractivity (Wildman–Crippen MR) is 116 cm³/mol. The molecule has 0 saturated heterocycles. The third-order valence-electron chi connectivity index (χ3n) is 4.70. The molecule has 0 aliphatic carbocycles. The summed E-state index contributed by atoms with van der Waals surface area (Å²) in [6, 6.07) is 12.9. The van der Waals surface area contributed by atoms with Gasteiger partial charge in [0.2, 0.25) is 11.8 Å². The normalized spacial score (nSPS) is 12.2. The molecule has 0 unspecified atom stereocenters. The molecule has 0 radical (unpaired) electrons. The van der Waals surface area contributed by atoms with Gasteiger partial charge in [0, 0.05) is 12.1 Å². The van der Waals surface area contributed by atoms with E-state index in [1.165, 1.54) is 11.0 Å². The minimum Gasteiger partial charge on any atom is -0.497 e. The Morgan fingerprint density at radius 3 is 2.27 bits per heavy atom. The van der Waals surface area contributed by atoms with Crippen LogP contribution in [0, 0.1) is 5.82 Å². The molecule has 2 aromatic rings. The highest BCUT2D eigenvalue weighted by Crippen LogP contribution is 2.19. The maximum atomic E-state index is 14.1. The van der Waals surface area contributed by atoms with Gasteiger partial charge in [-0.25, -0.2) is 4.39 Å². The number of amides is 2. The van der Waals surface area contributed by atoms with E-state index in [-0.39, 0.29) is 24.8 Å². The zero-order chi connectivity index (χ0) is 22.3. The summed E-state index contributed by atoms with van der Waals surface area (Å²) in [4.78, 5) is 27.7. The molecule has 2 aromatic carbocycles. The Morgan fingerprint density at radius 2 is 1.73 bits per heavy atom. The molecule has 6 heteroatoms. The minimum absolute atomic E-state index is 0.109. The second kappa shape index (κ2) is 10.2. The number of hydrogen-bond acceptors (Lipinski definition) is 3. The quantitative estimate of drug-likeness (QED) is 0.708. The Balaban J connectivity index is 2.32. The van der Waals surface area contributed by atoms with Gasteiger partial charge in [-0.05, 0) is 56.5 Å². The summed E-state index contributed by atoms with van der Waals surface area (Å²) >= 11 is 0. The molecule has 0 aliphatic heterocycles. The molecular formula is C24H31FN2O3. The lowest BCUT2D eigenvalue weighted by atomic mass is 10.0. The first-order chi connectivity index (χ1) is 14.1. The van der Waals surface area contributed by atoms with Gasteiger partial charge in [0.05, 0.1) is 13.5 Å². The second-order valence-corrected chi connectivity index (χ2v) is 8.30. The second-order valence-electron chi connectivity index (χ2n) is 8.30. The third kappa shape index (κ3) is 6.58. The number of halogens is 1. The van der Waals surface area contributed by atoms with E-state index in [0.717, 1.165) is 5.56 Å². The highest BCUT2D eigenvalue weighted by Gasteiger charge is 2.30. The van der Waals surface area contributed by atoms with Crippen LogP contribution >= 0.6 is 0 Å². The van der Waals surface area contributed by atoms with Crippen LogP contribution in [0.25, 0.3) is 0 Å². The van der Waals surface area contributed by atoms with Crippen LogP contribution < -0.4 is 10.1 Å². The highest BCUT2D eigenvalue weighted by atomic mass is 19.1. The average molecular weight is 415 g/mol. The Hall–Kier alpha value is -2.89. The zero-order valence-electron chi connectivity index (χ0n) is 18.4. The van der Waals surface area contributed by atoms with Gasteiger partial charge in [-0.3, -0.25) is 9.59 Å². The van der Waals surface area contributed by atoms with E-state index < -0.39 is 17.4 Å². The number of carbonyl (C=O) groups excluding carboxylic acids is 2. The molecule has 0 heterocycles. The monoisotopic (exact) mass is 414 g/mol. The first-order valence-corrected chi connectivity index (χ1v) is 10.1. The van der Waals surface area contributed by atoms with E-state index >= 15 is 0 Å². The summed E-state index contributed by atoms with van der Waals surface area (Å²) in [5, 5.41) is 2.96. The maximum absolute atomic E-state index is 14.1. The molecule has 0 aromatic heterocycles. The van der Waals surface area contributed by atoms with Crippen molar-refractivity contribution in [2.45, 2.75) is 58.7 Å². The molecule has 1 N–H and O–H groups in total. The molecule has 0 spiro atoms. The molecule has 0 aliphatic rings. The van der Waals surface area contributed by atoms with Crippen molar-refractivity contribution in [2.24, 2.45) is 0 Å². The Kier molecular flexibility index (Phi) is 7.98. The first-order valence-electron chi connectivity index (χ1n) is 10.1. The number of benzene rings is 2. The van der Waals surface area contributed by atoms with Crippen LogP contribution in [0.5, 0.6) is 5.75 Å². The molecule has 30 heavy (non-hydrogen) atoms. The number of carbonyl (C=O) groups is 2. The van der Waals surface area contributed by atoms with Crippen LogP contribution in [0.1, 0.15) is 45.2 Å². The van der Waals surface area contributed by atoms with Crippen LogP contribution in [0.3, 0.4) is 0 Å². The molecule has 0 saturated carbocycles. The lowest BCUT2D eigenvalue weighted by Gasteiger charge is -2.33. The van der Waals surface area contributed by atoms with Gasteiger partial charge < -0.3 is 15.0 Å². The average Bonchev–Trinajstić information content (AvgIpc) is 2.68. The van der Waals surface area contributed by atoms with Crippen molar-refractivity contribution in [1.29, 1.82) is 0 Å². The third-order valence-corrected chi connectivity index (χ3v) is 4.70. The maximum Gasteiger partial charge on any atom is 0.243 e. The molecule has 2 rings (SSSR count). The molecule has 0 fully saturated rings. The lowest BCUT2D eigenvalue weighted by molar-refractivity contribution is -0.141. The zero-order valence-corrected chi connectivity index (χ0v) is 18.4. The van der Waals surface area contributed by atoms with Gasteiger partial charge in [-0.2, -0.15) is 0 Å². The van der Waals surface area contributed by atoms with Gasteiger partial charge in [0.1, 0.15) is 17.6 Å². The topological polar surface area (TPSA) is 58.6 Å². The molecule has 5 nitrogen and oxygen atoms in total. The van der Waals surface area contributed by atoms with Gasteiger partial charge in [-0.15, -0.1) is 0 Å². The minimum atomic E-state index is -0.661. The molecule has 1 atom stereocenters. The van der Waals surface area contributed by atoms with E-state index in [9.17, 15) is 14.0 Å². The Bertz CT molecular complexity index is 859. The van der Waals surface area contributed by atoms with Crippen LogP contribution in [-0.2, 0) is 22.6 Å². The van der Waals surface area contributed by atoms with Gasteiger partial charge in [0.25, 0.3) is 0 Å². The summed E-state index contributed by atoms with van der Waals surface area (Å²) in [5.41, 5.74) is 0.748. The summed E-state index contributed by atoms with van der Waals surface area (Å²) in [7, 11) is 1.59. The molecule has 0 bridgehead atoms.